The third-order valence-electron chi connectivity index (χ3n) is 3.59. The molecule has 0 fully saturated rings. The Balaban J connectivity index is 1.72. The van der Waals surface area contributed by atoms with Crippen LogP contribution in [0.25, 0.3) is 5.69 Å². The molecule has 8 nitrogen and oxygen atoms in total. The average Bonchev–Trinajstić information content (AvgIpc) is 3.17. The van der Waals surface area contributed by atoms with E-state index in [-0.39, 0.29) is 12.3 Å². The molecule has 3 aromatic rings. The largest absolute Gasteiger partial charge is 0.497 e. The number of anilines is 1. The molecule has 0 bridgehead atoms. The smallest absolute Gasteiger partial charge is 0.228 e. The van der Waals surface area contributed by atoms with E-state index in [1.165, 1.54) is 11.0 Å². The molecule has 25 heavy (non-hydrogen) atoms. The lowest BCUT2D eigenvalue weighted by molar-refractivity contribution is -0.115. The zero-order valence-corrected chi connectivity index (χ0v) is 13.8. The zero-order valence-electron chi connectivity index (χ0n) is 13.8. The maximum absolute atomic E-state index is 12.4. The monoisotopic (exact) mass is 339 g/mol. The first-order valence-corrected chi connectivity index (χ1v) is 7.54. The fraction of sp³-hybridized carbons (Fsp3) is 0.176. The van der Waals surface area contributed by atoms with Crippen LogP contribution in [0.15, 0.2) is 48.8 Å². The zero-order chi connectivity index (χ0) is 17.6. The summed E-state index contributed by atoms with van der Waals surface area (Å²) < 4.78 is 12.0. The van der Waals surface area contributed by atoms with Crippen molar-refractivity contribution in [2.24, 2.45) is 0 Å². The Morgan fingerprint density at radius 2 is 2.04 bits per heavy atom. The second-order valence-electron chi connectivity index (χ2n) is 5.21. The Hall–Kier alpha value is -3.42. The number of hydrogen-bond donors (Lipinski definition) is 1. The summed E-state index contributed by atoms with van der Waals surface area (Å²) in [4.78, 5) is 12.4. The van der Waals surface area contributed by atoms with Crippen molar-refractivity contribution in [2.75, 3.05) is 19.5 Å². The maximum Gasteiger partial charge on any atom is 0.228 e. The van der Waals surface area contributed by atoms with Gasteiger partial charge in [0.05, 0.1) is 26.3 Å². The van der Waals surface area contributed by atoms with Crippen molar-refractivity contribution in [2.45, 2.75) is 6.42 Å². The number of nitrogens with zero attached hydrogens (tertiary/aromatic N) is 4. The van der Waals surface area contributed by atoms with E-state index in [9.17, 15) is 4.79 Å². The molecule has 0 spiro atoms. The van der Waals surface area contributed by atoms with Gasteiger partial charge in [-0.25, -0.2) is 4.68 Å². The van der Waals surface area contributed by atoms with E-state index in [0.717, 1.165) is 11.3 Å². The first-order valence-electron chi connectivity index (χ1n) is 7.54. The number of methoxy groups -OCH3 is 2. The topological polar surface area (TPSA) is 91.2 Å². The lowest BCUT2D eigenvalue weighted by Crippen LogP contribution is -2.15. The molecular formula is C17H17N5O3. The molecule has 0 aliphatic heterocycles. The van der Waals surface area contributed by atoms with Crippen molar-refractivity contribution in [3.8, 4) is 17.2 Å². The normalized spacial score (nSPS) is 10.3. The molecule has 3 rings (SSSR count). The van der Waals surface area contributed by atoms with Gasteiger partial charge in [0.1, 0.15) is 17.8 Å². The summed E-state index contributed by atoms with van der Waals surface area (Å²) in [6.45, 7) is 0. The summed E-state index contributed by atoms with van der Waals surface area (Å²) in [6, 6.07) is 12.6. The van der Waals surface area contributed by atoms with Gasteiger partial charge in [0.15, 0.2) is 0 Å². The van der Waals surface area contributed by atoms with E-state index >= 15 is 0 Å². The Morgan fingerprint density at radius 3 is 2.76 bits per heavy atom. The summed E-state index contributed by atoms with van der Waals surface area (Å²) in [5.74, 6) is 1.13. The highest BCUT2D eigenvalue weighted by molar-refractivity contribution is 5.92. The van der Waals surface area contributed by atoms with Crippen LogP contribution in [0.5, 0.6) is 11.5 Å². The first-order chi connectivity index (χ1) is 12.2. The number of rotatable bonds is 6. The molecule has 0 radical (unpaired) electrons. The molecule has 0 saturated heterocycles. The van der Waals surface area contributed by atoms with Gasteiger partial charge in [-0.3, -0.25) is 4.79 Å². The minimum absolute atomic E-state index is 0.155. The highest BCUT2D eigenvalue weighted by Crippen LogP contribution is 2.25. The Kier molecular flexibility index (Phi) is 4.89. The summed E-state index contributed by atoms with van der Waals surface area (Å²) >= 11 is 0. The van der Waals surface area contributed by atoms with E-state index in [1.54, 1.807) is 38.5 Å². The number of amides is 1. The molecule has 0 saturated carbocycles. The SMILES string of the molecule is COc1ccc(CC(=O)Nc2cccc(-n3cnnn3)c2)c(OC)c1. The van der Waals surface area contributed by atoms with Gasteiger partial charge < -0.3 is 14.8 Å². The predicted octanol–water partition coefficient (Wildman–Crippen LogP) is 1.86. The number of benzene rings is 2. The van der Waals surface area contributed by atoms with Gasteiger partial charge in [-0.15, -0.1) is 5.10 Å². The van der Waals surface area contributed by atoms with E-state index in [0.29, 0.717) is 17.2 Å². The van der Waals surface area contributed by atoms with Gasteiger partial charge in [-0.1, -0.05) is 12.1 Å². The molecular weight excluding hydrogens is 322 g/mol. The molecule has 128 valence electrons. The molecule has 1 amide bonds. The van der Waals surface area contributed by atoms with Gasteiger partial charge in [-0.2, -0.15) is 0 Å². The van der Waals surface area contributed by atoms with Crippen molar-refractivity contribution in [1.82, 2.24) is 20.2 Å². The third kappa shape index (κ3) is 3.92. The molecule has 2 aromatic carbocycles. The van der Waals surface area contributed by atoms with Crippen molar-refractivity contribution in [1.29, 1.82) is 0 Å². The van der Waals surface area contributed by atoms with E-state index < -0.39 is 0 Å². The predicted molar refractivity (Wildman–Crippen MR) is 91.0 cm³/mol. The van der Waals surface area contributed by atoms with E-state index in [2.05, 4.69) is 20.8 Å². The standard InChI is InChI=1S/C17H17N5O3/c1-24-15-7-6-12(16(10-15)25-2)8-17(23)19-13-4-3-5-14(9-13)22-11-18-20-21-22/h3-7,9-11H,8H2,1-2H3,(H,19,23). The average molecular weight is 339 g/mol. The van der Waals surface area contributed by atoms with Gasteiger partial charge in [0.2, 0.25) is 5.91 Å². The summed E-state index contributed by atoms with van der Waals surface area (Å²) in [5, 5.41) is 13.9. The van der Waals surface area contributed by atoms with Crippen LogP contribution in [0.1, 0.15) is 5.56 Å². The Morgan fingerprint density at radius 1 is 1.16 bits per heavy atom. The van der Waals surface area contributed by atoms with Crippen molar-refractivity contribution in [3.63, 3.8) is 0 Å². The van der Waals surface area contributed by atoms with Gasteiger partial charge in [0, 0.05) is 17.3 Å². The van der Waals surface area contributed by atoms with Gasteiger partial charge >= 0.3 is 0 Å². The fourth-order valence-electron chi connectivity index (χ4n) is 2.38. The Labute approximate surface area is 144 Å². The highest BCUT2D eigenvalue weighted by Gasteiger charge is 2.11. The molecule has 1 aromatic heterocycles. The fourth-order valence-corrected chi connectivity index (χ4v) is 2.38. The quantitative estimate of drug-likeness (QED) is 0.737. The number of carbonyl (C=O) groups excluding carboxylic acids is 1. The minimum atomic E-state index is -0.155. The molecule has 1 heterocycles. The number of carbonyl (C=O) groups is 1. The van der Waals surface area contributed by atoms with Crippen LogP contribution < -0.4 is 14.8 Å². The van der Waals surface area contributed by atoms with E-state index in [4.69, 9.17) is 9.47 Å². The molecule has 0 aliphatic rings. The van der Waals surface area contributed by atoms with Crippen LogP contribution in [-0.4, -0.2) is 40.3 Å². The number of nitrogens with one attached hydrogen (secondary N) is 1. The first kappa shape index (κ1) is 16.4. The number of aromatic nitrogens is 4. The summed E-state index contributed by atoms with van der Waals surface area (Å²) in [7, 11) is 3.14. The van der Waals surface area contributed by atoms with Crippen molar-refractivity contribution in [3.05, 3.63) is 54.4 Å². The molecule has 0 atom stereocenters. The van der Waals surface area contributed by atoms with Crippen LogP contribution in [0.3, 0.4) is 0 Å². The van der Waals surface area contributed by atoms with Gasteiger partial charge in [-0.05, 0) is 34.7 Å². The summed E-state index contributed by atoms with van der Waals surface area (Å²) in [6.07, 6.45) is 1.67. The van der Waals surface area contributed by atoms with Crippen molar-refractivity contribution >= 4 is 11.6 Å². The molecule has 8 heteroatoms. The minimum Gasteiger partial charge on any atom is -0.497 e. The summed E-state index contributed by atoms with van der Waals surface area (Å²) in [5.41, 5.74) is 2.19. The molecule has 0 unspecified atom stereocenters. The van der Waals surface area contributed by atoms with Crippen molar-refractivity contribution < 1.29 is 14.3 Å². The highest BCUT2D eigenvalue weighted by atomic mass is 16.5. The Bertz CT molecular complexity index is 864. The number of hydrogen-bond acceptors (Lipinski definition) is 6. The second kappa shape index (κ2) is 7.43. The molecule has 1 N–H and O–H groups in total. The maximum atomic E-state index is 12.4. The third-order valence-corrected chi connectivity index (χ3v) is 3.59. The van der Waals surface area contributed by atoms with Gasteiger partial charge in [0.25, 0.3) is 0 Å². The lowest BCUT2D eigenvalue weighted by atomic mass is 10.1. The second-order valence-corrected chi connectivity index (χ2v) is 5.21. The number of ether oxygens (including phenoxy) is 2. The van der Waals surface area contributed by atoms with E-state index in [1.807, 2.05) is 18.2 Å². The van der Waals surface area contributed by atoms with Crippen LogP contribution in [0.2, 0.25) is 0 Å². The van der Waals surface area contributed by atoms with Crippen LogP contribution in [0, 0.1) is 0 Å². The lowest BCUT2D eigenvalue weighted by Gasteiger charge is -2.11. The van der Waals surface area contributed by atoms with Crippen LogP contribution in [-0.2, 0) is 11.2 Å². The van der Waals surface area contributed by atoms with Crippen LogP contribution in [0.4, 0.5) is 5.69 Å². The van der Waals surface area contributed by atoms with Crippen LogP contribution >= 0.6 is 0 Å². The molecule has 0 aliphatic carbocycles. The number of tetrazole rings is 1.